The van der Waals surface area contributed by atoms with Gasteiger partial charge in [-0.25, -0.2) is 10.1 Å². The quantitative estimate of drug-likeness (QED) is 0.0864. The summed E-state index contributed by atoms with van der Waals surface area (Å²) in [6.45, 7) is 0.224. The van der Waals surface area contributed by atoms with E-state index in [1.807, 2.05) is 60.7 Å². The van der Waals surface area contributed by atoms with Gasteiger partial charge in [0.25, 0.3) is 5.96 Å². The van der Waals surface area contributed by atoms with Gasteiger partial charge in [0.05, 0.1) is 19.6 Å². The predicted octanol–water partition coefficient (Wildman–Crippen LogP) is 2.50. The first kappa shape index (κ1) is 28.6. The summed E-state index contributed by atoms with van der Waals surface area (Å²) >= 11 is 0. The molecule has 11 nitrogen and oxygen atoms in total. The second-order valence-electron chi connectivity index (χ2n) is 8.70. The number of nitrogens with two attached hydrogens (primary N) is 1. The molecule has 1 atom stereocenters. The number of amides is 2. The maximum absolute atomic E-state index is 13.5. The molecule has 0 saturated carbocycles. The van der Waals surface area contributed by atoms with E-state index in [4.69, 9.17) is 10.5 Å². The zero-order chi connectivity index (χ0) is 28.0. The number of nitrogens with zero attached hydrogens (tertiary/aromatic N) is 2. The minimum absolute atomic E-state index is 0.0786. The highest BCUT2D eigenvalue weighted by molar-refractivity contribution is 5.88. The van der Waals surface area contributed by atoms with Crippen molar-refractivity contribution in [2.45, 2.75) is 31.3 Å². The zero-order valence-corrected chi connectivity index (χ0v) is 21.6. The van der Waals surface area contributed by atoms with Crippen LogP contribution in [0.1, 0.15) is 35.6 Å². The summed E-state index contributed by atoms with van der Waals surface area (Å²) in [6.07, 6.45) is 0.723. The second-order valence-corrected chi connectivity index (χ2v) is 8.70. The molecule has 0 heterocycles. The summed E-state index contributed by atoms with van der Waals surface area (Å²) in [6, 6.07) is 24.9. The lowest BCUT2D eigenvalue weighted by atomic mass is 9.98. The molecule has 0 aliphatic rings. The molecular formula is C28H32N6O5. The van der Waals surface area contributed by atoms with E-state index in [1.165, 1.54) is 0 Å². The minimum atomic E-state index is -0.898. The average Bonchev–Trinajstić information content (AvgIpc) is 2.94. The van der Waals surface area contributed by atoms with Gasteiger partial charge in [-0.15, -0.1) is 0 Å². The average molecular weight is 533 g/mol. The van der Waals surface area contributed by atoms with Crippen molar-refractivity contribution in [3.63, 3.8) is 0 Å². The molecule has 2 amide bonds. The van der Waals surface area contributed by atoms with Gasteiger partial charge in [-0.2, -0.15) is 0 Å². The smallest absolute Gasteiger partial charge is 0.266 e. The van der Waals surface area contributed by atoms with Crippen LogP contribution in [-0.2, 0) is 16.0 Å². The van der Waals surface area contributed by atoms with Gasteiger partial charge < -0.3 is 26.4 Å². The molecule has 0 unspecified atom stereocenters. The number of hydrazone groups is 1. The highest BCUT2D eigenvalue weighted by Gasteiger charge is 2.25. The highest BCUT2D eigenvalue weighted by Crippen LogP contribution is 2.22. The van der Waals surface area contributed by atoms with E-state index in [-0.39, 0.29) is 37.2 Å². The largest absolute Gasteiger partial charge is 0.497 e. The number of nitrogens with one attached hydrogen (secondary N) is 3. The number of carbonyl (C=O) groups is 2. The third-order valence-corrected chi connectivity index (χ3v) is 5.89. The fraction of sp³-hybridized carbons (Fsp3) is 0.250. The summed E-state index contributed by atoms with van der Waals surface area (Å²) in [5.41, 5.74) is 8.03. The van der Waals surface area contributed by atoms with Crippen LogP contribution in [0.25, 0.3) is 0 Å². The Morgan fingerprint density at radius 1 is 0.949 bits per heavy atom. The Morgan fingerprint density at radius 2 is 1.54 bits per heavy atom. The topological polar surface area (TPSA) is 161 Å². The van der Waals surface area contributed by atoms with Crippen molar-refractivity contribution in [2.24, 2.45) is 10.8 Å². The van der Waals surface area contributed by atoms with Crippen LogP contribution in [0.3, 0.4) is 0 Å². The number of rotatable bonds is 13. The van der Waals surface area contributed by atoms with Crippen molar-refractivity contribution in [1.29, 1.82) is 0 Å². The van der Waals surface area contributed by atoms with Crippen molar-refractivity contribution in [2.75, 3.05) is 13.7 Å². The second kappa shape index (κ2) is 14.7. The first-order valence-corrected chi connectivity index (χ1v) is 12.4. The first-order chi connectivity index (χ1) is 18.9. The van der Waals surface area contributed by atoms with E-state index >= 15 is 0 Å². The standard InChI is InChI=1S/C28H32N6O5/c1-39-23-16-14-20(15-17-23)19-25(35)31-24(13-8-18-30-28(29)33-34(37)38)27(36)32-26(21-9-4-2-5-10-21)22-11-6-3-7-12-22/h2-7,9-12,14-17,24,26H,8,13,18-19H2,1H3,(H,31,35)(H,32,36)(H3,29,30,33)/t24-/m1/s1. The fourth-order valence-corrected chi connectivity index (χ4v) is 3.98. The third-order valence-electron chi connectivity index (χ3n) is 5.89. The lowest BCUT2D eigenvalue weighted by Crippen LogP contribution is -2.48. The highest BCUT2D eigenvalue weighted by atomic mass is 16.7. The molecule has 39 heavy (non-hydrogen) atoms. The third kappa shape index (κ3) is 9.47. The molecule has 3 aromatic rings. The molecule has 0 aliphatic heterocycles. The molecule has 5 N–H and O–H groups in total. The summed E-state index contributed by atoms with van der Waals surface area (Å²) in [5.74, 6) is -0.337. The molecule has 3 aromatic carbocycles. The van der Waals surface area contributed by atoms with Crippen molar-refractivity contribution in [1.82, 2.24) is 16.0 Å². The van der Waals surface area contributed by atoms with Crippen LogP contribution in [0.4, 0.5) is 0 Å². The van der Waals surface area contributed by atoms with Crippen LogP contribution in [0, 0.1) is 10.1 Å². The Morgan fingerprint density at radius 3 is 2.08 bits per heavy atom. The molecule has 3 rings (SSSR count). The predicted molar refractivity (Wildman–Crippen MR) is 147 cm³/mol. The molecule has 0 spiro atoms. The van der Waals surface area contributed by atoms with Gasteiger partial charge in [-0.3, -0.25) is 9.59 Å². The molecule has 0 radical (unpaired) electrons. The maximum atomic E-state index is 13.5. The normalized spacial score (nSPS) is 11.9. The van der Waals surface area contributed by atoms with Crippen LogP contribution in [-0.4, -0.2) is 42.5 Å². The van der Waals surface area contributed by atoms with Gasteiger partial charge in [0.1, 0.15) is 16.9 Å². The van der Waals surface area contributed by atoms with E-state index in [0.717, 1.165) is 16.7 Å². The molecule has 0 aromatic heterocycles. The maximum Gasteiger partial charge on any atom is 0.266 e. The van der Waals surface area contributed by atoms with Crippen molar-refractivity contribution >= 4 is 17.8 Å². The number of nitro groups is 1. The van der Waals surface area contributed by atoms with Crippen LogP contribution < -0.4 is 26.4 Å². The van der Waals surface area contributed by atoms with Crippen molar-refractivity contribution < 1.29 is 19.4 Å². The van der Waals surface area contributed by atoms with Crippen molar-refractivity contribution in [3.8, 4) is 5.75 Å². The number of methoxy groups -OCH3 is 1. The molecule has 0 bridgehead atoms. The number of guanidine groups is 1. The summed E-state index contributed by atoms with van der Waals surface area (Å²) in [7, 11) is 1.56. The summed E-state index contributed by atoms with van der Waals surface area (Å²) in [5, 5.41) is 21.1. The Hall–Kier alpha value is -4.93. The molecular weight excluding hydrogens is 500 g/mol. The van der Waals surface area contributed by atoms with Crippen LogP contribution in [0.2, 0.25) is 0 Å². The van der Waals surface area contributed by atoms with E-state index in [9.17, 15) is 19.7 Å². The number of benzene rings is 3. The van der Waals surface area contributed by atoms with Gasteiger partial charge in [-0.1, -0.05) is 72.8 Å². The van der Waals surface area contributed by atoms with Gasteiger partial charge >= 0.3 is 0 Å². The molecule has 11 heteroatoms. The van der Waals surface area contributed by atoms with Crippen molar-refractivity contribution in [3.05, 3.63) is 112 Å². The van der Waals surface area contributed by atoms with Crippen LogP contribution >= 0.6 is 0 Å². The summed E-state index contributed by atoms with van der Waals surface area (Å²) in [4.78, 5) is 36.9. The summed E-state index contributed by atoms with van der Waals surface area (Å²) < 4.78 is 5.16. The van der Waals surface area contributed by atoms with Gasteiger partial charge in [0.15, 0.2) is 5.03 Å². The zero-order valence-electron chi connectivity index (χ0n) is 21.6. The molecule has 0 aliphatic carbocycles. The van der Waals surface area contributed by atoms with Gasteiger partial charge in [0, 0.05) is 6.54 Å². The number of ether oxygens (including phenoxy) is 1. The number of hydrogen-bond acceptors (Lipinski definition) is 5. The Balaban J connectivity index is 1.74. The van der Waals surface area contributed by atoms with Crippen LogP contribution in [0.15, 0.2) is 90.0 Å². The van der Waals surface area contributed by atoms with Crippen LogP contribution in [0.5, 0.6) is 5.75 Å². The van der Waals surface area contributed by atoms with E-state index in [0.29, 0.717) is 12.2 Å². The SMILES string of the molecule is COc1ccc(CC(=O)N[C@H](CCCN/C(N)=N\[N+](=O)[O-])C(=O)NC(c2ccccc2)c2ccccc2)cc1. The Kier molecular flexibility index (Phi) is 10.8. The molecule has 0 fully saturated rings. The number of hydrogen-bond donors (Lipinski definition) is 4. The first-order valence-electron chi connectivity index (χ1n) is 12.4. The Labute approximate surface area is 226 Å². The monoisotopic (exact) mass is 532 g/mol. The lowest BCUT2D eigenvalue weighted by Gasteiger charge is -2.24. The molecule has 0 saturated heterocycles. The van der Waals surface area contributed by atoms with Gasteiger partial charge in [0.2, 0.25) is 11.8 Å². The van der Waals surface area contributed by atoms with Gasteiger partial charge in [-0.05, 0) is 41.7 Å². The fourth-order valence-electron chi connectivity index (χ4n) is 3.98. The molecule has 204 valence electrons. The minimum Gasteiger partial charge on any atom is -0.497 e. The van der Waals surface area contributed by atoms with E-state index in [1.54, 1.807) is 31.4 Å². The Bertz CT molecular complexity index is 1210. The van der Waals surface area contributed by atoms with E-state index < -0.39 is 17.1 Å². The van der Waals surface area contributed by atoms with E-state index in [2.05, 4.69) is 21.1 Å². The lowest BCUT2D eigenvalue weighted by molar-refractivity contribution is -0.485. The number of carbonyl (C=O) groups excluding carboxylic acids is 2.